The average molecular weight is 284 g/mol. The molecule has 1 N–H and O–H groups in total. The number of aromatic nitrogens is 1. The zero-order valence-electron chi connectivity index (χ0n) is 12.2. The molecule has 1 aliphatic rings. The molecule has 3 rings (SSSR count). The van der Waals surface area contributed by atoms with Crippen molar-refractivity contribution in [3.05, 3.63) is 53.7 Å². The SMILES string of the molecule is COc1cccc(COc2cccc(CNC3CC3)n2)c1. The molecule has 0 aliphatic heterocycles. The van der Waals surface area contributed by atoms with Crippen molar-refractivity contribution in [1.82, 2.24) is 10.3 Å². The molecule has 1 heterocycles. The molecule has 0 atom stereocenters. The van der Waals surface area contributed by atoms with Crippen LogP contribution in [0.15, 0.2) is 42.5 Å². The molecular weight excluding hydrogens is 264 g/mol. The number of pyridine rings is 1. The first kappa shape index (κ1) is 13.9. The van der Waals surface area contributed by atoms with Crippen molar-refractivity contribution in [1.29, 1.82) is 0 Å². The van der Waals surface area contributed by atoms with Crippen molar-refractivity contribution in [3.8, 4) is 11.6 Å². The van der Waals surface area contributed by atoms with Crippen molar-refractivity contribution in [2.75, 3.05) is 7.11 Å². The molecule has 0 amide bonds. The first-order valence-corrected chi connectivity index (χ1v) is 7.28. The topological polar surface area (TPSA) is 43.4 Å². The van der Waals surface area contributed by atoms with Crippen LogP contribution in [-0.4, -0.2) is 18.1 Å². The molecule has 2 aromatic rings. The highest BCUT2D eigenvalue weighted by molar-refractivity contribution is 5.28. The van der Waals surface area contributed by atoms with Crippen molar-refractivity contribution in [3.63, 3.8) is 0 Å². The summed E-state index contributed by atoms with van der Waals surface area (Å²) in [6.45, 7) is 1.30. The smallest absolute Gasteiger partial charge is 0.213 e. The van der Waals surface area contributed by atoms with Crippen LogP contribution in [-0.2, 0) is 13.2 Å². The zero-order chi connectivity index (χ0) is 14.5. The van der Waals surface area contributed by atoms with Crippen molar-refractivity contribution in [2.24, 2.45) is 0 Å². The van der Waals surface area contributed by atoms with Crippen molar-refractivity contribution >= 4 is 0 Å². The molecule has 4 nitrogen and oxygen atoms in total. The highest BCUT2D eigenvalue weighted by Crippen LogP contribution is 2.19. The number of nitrogens with one attached hydrogen (secondary N) is 1. The van der Waals surface area contributed by atoms with Gasteiger partial charge in [0.1, 0.15) is 12.4 Å². The Morgan fingerprint density at radius 3 is 2.86 bits per heavy atom. The predicted octanol–water partition coefficient (Wildman–Crippen LogP) is 2.92. The average Bonchev–Trinajstić information content (AvgIpc) is 3.36. The van der Waals surface area contributed by atoms with E-state index >= 15 is 0 Å². The maximum absolute atomic E-state index is 5.76. The Balaban J connectivity index is 1.57. The summed E-state index contributed by atoms with van der Waals surface area (Å²) in [5.41, 5.74) is 2.09. The van der Waals surface area contributed by atoms with Gasteiger partial charge in [-0.15, -0.1) is 0 Å². The summed E-state index contributed by atoms with van der Waals surface area (Å²) >= 11 is 0. The fraction of sp³-hybridized carbons (Fsp3) is 0.353. The Bertz CT molecular complexity index is 597. The maximum atomic E-state index is 5.76. The molecule has 0 bridgehead atoms. The lowest BCUT2D eigenvalue weighted by Gasteiger charge is -2.08. The monoisotopic (exact) mass is 284 g/mol. The predicted molar refractivity (Wildman–Crippen MR) is 81.4 cm³/mol. The lowest BCUT2D eigenvalue weighted by molar-refractivity contribution is 0.292. The summed E-state index contributed by atoms with van der Waals surface area (Å²) in [5.74, 6) is 1.50. The summed E-state index contributed by atoms with van der Waals surface area (Å²) in [4.78, 5) is 4.51. The van der Waals surface area contributed by atoms with Crippen LogP contribution >= 0.6 is 0 Å². The van der Waals surface area contributed by atoms with Crippen LogP contribution in [0.3, 0.4) is 0 Å². The molecule has 0 spiro atoms. The third kappa shape index (κ3) is 4.20. The third-order valence-corrected chi connectivity index (χ3v) is 3.45. The molecule has 0 unspecified atom stereocenters. The number of nitrogens with zero attached hydrogens (tertiary/aromatic N) is 1. The van der Waals surface area contributed by atoms with Gasteiger partial charge in [-0.3, -0.25) is 0 Å². The highest BCUT2D eigenvalue weighted by Gasteiger charge is 2.20. The Morgan fingerprint density at radius 1 is 1.19 bits per heavy atom. The molecule has 0 radical (unpaired) electrons. The van der Waals surface area contributed by atoms with Gasteiger partial charge >= 0.3 is 0 Å². The normalized spacial score (nSPS) is 14.0. The quantitative estimate of drug-likeness (QED) is 0.849. The van der Waals surface area contributed by atoms with Gasteiger partial charge in [-0.25, -0.2) is 4.98 Å². The molecule has 1 fully saturated rings. The van der Waals surface area contributed by atoms with E-state index in [-0.39, 0.29) is 0 Å². The van der Waals surface area contributed by atoms with E-state index in [1.807, 2.05) is 42.5 Å². The minimum Gasteiger partial charge on any atom is -0.497 e. The van der Waals surface area contributed by atoms with E-state index in [4.69, 9.17) is 9.47 Å². The summed E-state index contributed by atoms with van der Waals surface area (Å²) in [6, 6.07) is 14.5. The Kier molecular flexibility index (Phi) is 4.36. The summed E-state index contributed by atoms with van der Waals surface area (Å²) in [5, 5.41) is 3.45. The van der Waals surface area contributed by atoms with Crippen molar-refractivity contribution in [2.45, 2.75) is 32.0 Å². The first-order chi connectivity index (χ1) is 10.3. The molecule has 110 valence electrons. The highest BCUT2D eigenvalue weighted by atomic mass is 16.5. The van der Waals surface area contributed by atoms with Gasteiger partial charge < -0.3 is 14.8 Å². The zero-order valence-corrected chi connectivity index (χ0v) is 12.2. The number of methoxy groups -OCH3 is 1. The minimum atomic E-state index is 0.490. The molecule has 21 heavy (non-hydrogen) atoms. The second-order valence-electron chi connectivity index (χ2n) is 5.26. The molecule has 4 heteroatoms. The molecule has 0 saturated heterocycles. The Hall–Kier alpha value is -2.07. The molecular formula is C17H20N2O2. The lowest BCUT2D eigenvalue weighted by Crippen LogP contribution is -2.16. The van der Waals surface area contributed by atoms with Crippen molar-refractivity contribution < 1.29 is 9.47 Å². The Labute approximate surface area is 125 Å². The van der Waals surface area contributed by atoms with Crippen LogP contribution < -0.4 is 14.8 Å². The van der Waals surface area contributed by atoms with Gasteiger partial charge in [0.05, 0.1) is 12.8 Å². The van der Waals surface area contributed by atoms with Crippen LogP contribution in [0, 0.1) is 0 Å². The molecule has 1 aliphatic carbocycles. The number of hydrogen-bond donors (Lipinski definition) is 1. The van der Waals surface area contributed by atoms with Gasteiger partial charge in [0, 0.05) is 18.7 Å². The maximum Gasteiger partial charge on any atom is 0.213 e. The van der Waals surface area contributed by atoms with E-state index in [1.165, 1.54) is 12.8 Å². The van der Waals surface area contributed by atoms with Gasteiger partial charge in [-0.2, -0.15) is 0 Å². The Morgan fingerprint density at radius 2 is 2.05 bits per heavy atom. The van der Waals surface area contributed by atoms with E-state index in [0.717, 1.165) is 23.6 Å². The summed E-state index contributed by atoms with van der Waals surface area (Å²) < 4.78 is 11.0. The second-order valence-corrected chi connectivity index (χ2v) is 5.26. The molecule has 1 aromatic heterocycles. The van der Waals surface area contributed by atoms with Crippen LogP contribution in [0.5, 0.6) is 11.6 Å². The number of benzene rings is 1. The fourth-order valence-electron chi connectivity index (χ4n) is 2.09. The third-order valence-electron chi connectivity index (χ3n) is 3.45. The number of hydrogen-bond acceptors (Lipinski definition) is 4. The van der Waals surface area contributed by atoms with E-state index < -0.39 is 0 Å². The summed E-state index contributed by atoms with van der Waals surface area (Å²) in [7, 11) is 1.66. The first-order valence-electron chi connectivity index (χ1n) is 7.28. The van der Waals surface area contributed by atoms with E-state index in [2.05, 4.69) is 10.3 Å². The van der Waals surface area contributed by atoms with E-state index in [0.29, 0.717) is 18.5 Å². The van der Waals surface area contributed by atoms with Crippen LogP contribution in [0.4, 0.5) is 0 Å². The van der Waals surface area contributed by atoms with Gasteiger partial charge in [0.15, 0.2) is 0 Å². The molecule has 1 saturated carbocycles. The van der Waals surface area contributed by atoms with Crippen LogP contribution in [0.2, 0.25) is 0 Å². The standard InChI is InChI=1S/C17H20N2O2/c1-20-16-6-2-4-13(10-16)12-21-17-7-3-5-15(19-17)11-18-14-8-9-14/h2-7,10,14,18H,8-9,11-12H2,1H3. The minimum absolute atomic E-state index is 0.490. The van der Waals surface area contributed by atoms with Gasteiger partial charge in [0.25, 0.3) is 0 Å². The van der Waals surface area contributed by atoms with E-state index in [9.17, 15) is 0 Å². The van der Waals surface area contributed by atoms with Gasteiger partial charge in [0.2, 0.25) is 5.88 Å². The van der Waals surface area contributed by atoms with Gasteiger partial charge in [-0.05, 0) is 36.6 Å². The number of rotatable bonds is 7. The van der Waals surface area contributed by atoms with E-state index in [1.54, 1.807) is 7.11 Å². The fourth-order valence-corrected chi connectivity index (χ4v) is 2.09. The molecule has 1 aromatic carbocycles. The largest absolute Gasteiger partial charge is 0.497 e. The number of ether oxygens (including phenoxy) is 2. The lowest BCUT2D eigenvalue weighted by atomic mass is 10.2. The van der Waals surface area contributed by atoms with Crippen LogP contribution in [0.1, 0.15) is 24.1 Å². The summed E-state index contributed by atoms with van der Waals surface area (Å²) in [6.07, 6.45) is 2.57. The van der Waals surface area contributed by atoms with Gasteiger partial charge in [-0.1, -0.05) is 18.2 Å². The van der Waals surface area contributed by atoms with Crippen LogP contribution in [0.25, 0.3) is 0 Å². The second kappa shape index (κ2) is 6.59.